The highest BCUT2D eigenvalue weighted by Crippen LogP contribution is 2.28. The molecule has 0 unspecified atom stereocenters. The number of hydrogen-bond acceptors (Lipinski definition) is 3. The quantitative estimate of drug-likeness (QED) is 0.841. The Morgan fingerprint density at radius 3 is 2.43 bits per heavy atom. The Bertz CT molecular complexity index is 628. The molecule has 0 aliphatic carbocycles. The van der Waals surface area contributed by atoms with Gasteiger partial charge in [0.1, 0.15) is 0 Å². The zero-order chi connectivity index (χ0) is 16.0. The van der Waals surface area contributed by atoms with Crippen LogP contribution in [0.3, 0.4) is 0 Å². The third kappa shape index (κ3) is 4.29. The van der Waals surface area contributed by atoms with Gasteiger partial charge in [-0.15, -0.1) is 0 Å². The first-order valence-electron chi connectivity index (χ1n) is 7.39. The first kappa shape index (κ1) is 17.7. The molecule has 0 aromatic heterocycles. The maximum atomic E-state index is 12.5. The molecule has 0 radical (unpaired) electrons. The lowest BCUT2D eigenvalue weighted by Crippen LogP contribution is -2.25. The van der Waals surface area contributed by atoms with E-state index in [1.807, 2.05) is 26.8 Å². The van der Waals surface area contributed by atoms with Crippen LogP contribution < -0.4 is 4.72 Å². The SMILES string of the molecule is CCCc1c(CC#N)cc(C(C)C)cc1S(=O)(=O)NCC. The standard InChI is InChI=1S/C16H24N2O2S/c1-5-7-15-13(8-9-17)10-14(12(3)4)11-16(15)21(19,20)18-6-2/h10-12,18H,5-8H2,1-4H3. The predicted molar refractivity (Wildman–Crippen MR) is 84.7 cm³/mol. The Labute approximate surface area is 128 Å². The second kappa shape index (κ2) is 7.58. The summed E-state index contributed by atoms with van der Waals surface area (Å²) < 4.78 is 27.5. The maximum Gasteiger partial charge on any atom is 0.240 e. The molecule has 1 aromatic rings. The van der Waals surface area contributed by atoms with Gasteiger partial charge in [-0.05, 0) is 35.1 Å². The van der Waals surface area contributed by atoms with Crippen LogP contribution in [0.5, 0.6) is 0 Å². The number of nitrogens with one attached hydrogen (secondary N) is 1. The summed E-state index contributed by atoms with van der Waals surface area (Å²) in [5.74, 6) is 0.216. The van der Waals surface area contributed by atoms with Crippen LogP contribution in [0.1, 0.15) is 56.7 Å². The molecule has 0 atom stereocenters. The smallest absolute Gasteiger partial charge is 0.211 e. The highest BCUT2D eigenvalue weighted by molar-refractivity contribution is 7.89. The first-order chi connectivity index (χ1) is 9.87. The van der Waals surface area contributed by atoms with Gasteiger partial charge >= 0.3 is 0 Å². The predicted octanol–water partition coefficient (Wildman–Crippen LogP) is 3.13. The van der Waals surface area contributed by atoms with Gasteiger partial charge in [-0.3, -0.25) is 0 Å². The third-order valence-corrected chi connectivity index (χ3v) is 5.00. The van der Waals surface area contributed by atoms with Gasteiger partial charge in [0, 0.05) is 6.54 Å². The van der Waals surface area contributed by atoms with E-state index in [2.05, 4.69) is 10.8 Å². The van der Waals surface area contributed by atoms with E-state index in [1.165, 1.54) is 0 Å². The molecule has 0 fully saturated rings. The molecular weight excluding hydrogens is 284 g/mol. The Hall–Kier alpha value is -1.38. The number of hydrogen-bond donors (Lipinski definition) is 1. The van der Waals surface area contributed by atoms with Gasteiger partial charge in [0.2, 0.25) is 10.0 Å². The molecule has 1 aromatic carbocycles. The fourth-order valence-corrected chi connectivity index (χ4v) is 3.73. The Morgan fingerprint density at radius 2 is 1.95 bits per heavy atom. The van der Waals surface area contributed by atoms with Crippen molar-refractivity contribution in [3.63, 3.8) is 0 Å². The molecule has 21 heavy (non-hydrogen) atoms. The fourth-order valence-electron chi connectivity index (χ4n) is 2.34. The van der Waals surface area contributed by atoms with Gasteiger partial charge in [-0.2, -0.15) is 5.26 Å². The molecule has 0 bridgehead atoms. The number of rotatable bonds is 7. The van der Waals surface area contributed by atoms with E-state index in [4.69, 9.17) is 5.26 Å². The molecule has 0 amide bonds. The summed E-state index contributed by atoms with van der Waals surface area (Å²) in [6.07, 6.45) is 1.74. The second-order valence-electron chi connectivity index (χ2n) is 5.40. The third-order valence-electron chi connectivity index (χ3n) is 3.38. The van der Waals surface area contributed by atoms with E-state index in [1.54, 1.807) is 13.0 Å². The Morgan fingerprint density at radius 1 is 1.29 bits per heavy atom. The van der Waals surface area contributed by atoms with Crippen LogP contribution in [-0.4, -0.2) is 15.0 Å². The molecule has 0 heterocycles. The lowest BCUT2D eigenvalue weighted by atomic mass is 9.94. The Balaban J connectivity index is 3.60. The van der Waals surface area contributed by atoms with Gasteiger partial charge in [0.15, 0.2) is 0 Å². The van der Waals surface area contributed by atoms with Gasteiger partial charge in [-0.1, -0.05) is 40.2 Å². The van der Waals surface area contributed by atoms with E-state index >= 15 is 0 Å². The van der Waals surface area contributed by atoms with Crippen molar-refractivity contribution in [1.82, 2.24) is 4.72 Å². The molecule has 0 aliphatic rings. The summed E-state index contributed by atoms with van der Waals surface area (Å²) in [5.41, 5.74) is 2.57. The highest BCUT2D eigenvalue weighted by atomic mass is 32.2. The monoisotopic (exact) mass is 308 g/mol. The van der Waals surface area contributed by atoms with E-state index in [-0.39, 0.29) is 12.3 Å². The van der Waals surface area contributed by atoms with Crippen LogP contribution in [0, 0.1) is 11.3 Å². The molecular formula is C16H24N2O2S. The normalized spacial score (nSPS) is 11.6. The molecule has 1 rings (SSSR count). The number of sulfonamides is 1. The van der Waals surface area contributed by atoms with Crippen molar-refractivity contribution in [1.29, 1.82) is 5.26 Å². The van der Waals surface area contributed by atoms with Crippen LogP contribution in [0.4, 0.5) is 0 Å². The summed E-state index contributed by atoms with van der Waals surface area (Å²) >= 11 is 0. The average molecular weight is 308 g/mol. The molecule has 0 spiro atoms. The summed E-state index contributed by atoms with van der Waals surface area (Å²) in [6.45, 7) is 8.17. The van der Waals surface area contributed by atoms with E-state index < -0.39 is 10.0 Å². The fraction of sp³-hybridized carbons (Fsp3) is 0.562. The van der Waals surface area contributed by atoms with Crippen LogP contribution in [0.15, 0.2) is 17.0 Å². The number of nitrogens with zero attached hydrogens (tertiary/aromatic N) is 1. The first-order valence-corrected chi connectivity index (χ1v) is 8.87. The summed E-state index contributed by atoms with van der Waals surface area (Å²) in [4.78, 5) is 0.336. The maximum absolute atomic E-state index is 12.5. The molecule has 5 heteroatoms. The zero-order valence-electron chi connectivity index (χ0n) is 13.2. The molecule has 116 valence electrons. The number of benzene rings is 1. The average Bonchev–Trinajstić information content (AvgIpc) is 2.40. The second-order valence-corrected chi connectivity index (χ2v) is 7.13. The van der Waals surface area contributed by atoms with Crippen molar-refractivity contribution < 1.29 is 8.42 Å². The molecule has 1 N–H and O–H groups in total. The van der Waals surface area contributed by atoms with Crippen LogP contribution >= 0.6 is 0 Å². The molecule has 0 saturated heterocycles. The van der Waals surface area contributed by atoms with Crippen LogP contribution in [0.2, 0.25) is 0 Å². The summed E-state index contributed by atoms with van der Waals surface area (Å²) in [6, 6.07) is 5.88. The van der Waals surface area contributed by atoms with E-state index in [9.17, 15) is 8.42 Å². The van der Waals surface area contributed by atoms with Crippen molar-refractivity contribution >= 4 is 10.0 Å². The topological polar surface area (TPSA) is 70.0 Å². The van der Waals surface area contributed by atoms with Crippen molar-refractivity contribution in [2.75, 3.05) is 6.54 Å². The van der Waals surface area contributed by atoms with Crippen LogP contribution in [0.25, 0.3) is 0 Å². The largest absolute Gasteiger partial charge is 0.240 e. The van der Waals surface area contributed by atoms with Gasteiger partial charge in [-0.25, -0.2) is 13.1 Å². The summed E-state index contributed by atoms with van der Waals surface area (Å²) in [5, 5.41) is 9.02. The van der Waals surface area contributed by atoms with Crippen molar-refractivity contribution in [3.05, 3.63) is 28.8 Å². The highest BCUT2D eigenvalue weighted by Gasteiger charge is 2.21. The van der Waals surface area contributed by atoms with Crippen molar-refractivity contribution in [2.24, 2.45) is 0 Å². The van der Waals surface area contributed by atoms with Crippen molar-refractivity contribution in [3.8, 4) is 6.07 Å². The number of nitriles is 1. The lowest BCUT2D eigenvalue weighted by Gasteiger charge is -2.17. The minimum atomic E-state index is -3.52. The van der Waals surface area contributed by atoms with E-state index in [0.717, 1.165) is 23.1 Å². The zero-order valence-corrected chi connectivity index (χ0v) is 14.0. The summed E-state index contributed by atoms with van der Waals surface area (Å²) in [7, 11) is -3.52. The Kier molecular flexibility index (Phi) is 6.38. The van der Waals surface area contributed by atoms with Gasteiger partial charge in [0.25, 0.3) is 0 Å². The van der Waals surface area contributed by atoms with E-state index in [0.29, 0.717) is 17.9 Å². The molecule has 0 saturated carbocycles. The lowest BCUT2D eigenvalue weighted by molar-refractivity contribution is 0.582. The molecule has 4 nitrogen and oxygen atoms in total. The van der Waals surface area contributed by atoms with Gasteiger partial charge in [0.05, 0.1) is 17.4 Å². The molecule has 0 aliphatic heterocycles. The minimum Gasteiger partial charge on any atom is -0.211 e. The van der Waals surface area contributed by atoms with Gasteiger partial charge < -0.3 is 0 Å². The minimum absolute atomic E-state index is 0.216. The van der Waals surface area contributed by atoms with Crippen molar-refractivity contribution in [2.45, 2.75) is 57.8 Å². The van der Waals surface area contributed by atoms with Crippen LogP contribution in [-0.2, 0) is 22.9 Å².